The SMILES string of the molecule is ClCc1nc2cc(Br)ccc2n1C1CC2CCC1O2. The Morgan fingerprint density at radius 2 is 2.32 bits per heavy atom. The highest BCUT2D eigenvalue weighted by atomic mass is 79.9. The first-order valence-electron chi connectivity index (χ1n) is 6.64. The lowest BCUT2D eigenvalue weighted by Gasteiger charge is -2.22. The van der Waals surface area contributed by atoms with Crippen molar-refractivity contribution in [2.45, 2.75) is 43.4 Å². The Kier molecular flexibility index (Phi) is 2.87. The molecule has 2 saturated heterocycles. The molecule has 19 heavy (non-hydrogen) atoms. The minimum Gasteiger partial charge on any atom is -0.373 e. The highest BCUT2D eigenvalue weighted by Crippen LogP contribution is 2.43. The van der Waals surface area contributed by atoms with Crippen molar-refractivity contribution in [2.75, 3.05) is 0 Å². The first kappa shape index (κ1) is 12.2. The van der Waals surface area contributed by atoms with E-state index in [1.807, 2.05) is 0 Å². The number of halogens is 2. The average Bonchev–Trinajstić information content (AvgIpc) is 3.09. The number of alkyl halides is 1. The van der Waals surface area contributed by atoms with Crippen molar-refractivity contribution >= 4 is 38.6 Å². The van der Waals surface area contributed by atoms with Gasteiger partial charge >= 0.3 is 0 Å². The maximum Gasteiger partial charge on any atom is 0.125 e. The summed E-state index contributed by atoms with van der Waals surface area (Å²) in [5, 5.41) is 0. The van der Waals surface area contributed by atoms with Crippen molar-refractivity contribution in [2.24, 2.45) is 0 Å². The van der Waals surface area contributed by atoms with Gasteiger partial charge in [-0.2, -0.15) is 0 Å². The molecule has 3 unspecified atom stereocenters. The number of ether oxygens (including phenoxy) is 1. The van der Waals surface area contributed by atoms with Crippen molar-refractivity contribution in [1.82, 2.24) is 9.55 Å². The molecule has 5 heteroatoms. The molecule has 3 nitrogen and oxygen atoms in total. The van der Waals surface area contributed by atoms with Gasteiger partial charge in [-0.15, -0.1) is 11.6 Å². The van der Waals surface area contributed by atoms with Gasteiger partial charge in [0.15, 0.2) is 0 Å². The van der Waals surface area contributed by atoms with Gasteiger partial charge in [-0.05, 0) is 37.5 Å². The monoisotopic (exact) mass is 340 g/mol. The Morgan fingerprint density at radius 3 is 3.00 bits per heavy atom. The minimum absolute atomic E-state index is 0.341. The fourth-order valence-electron chi connectivity index (χ4n) is 3.47. The van der Waals surface area contributed by atoms with Gasteiger partial charge in [0.05, 0.1) is 35.2 Å². The first-order valence-corrected chi connectivity index (χ1v) is 7.97. The summed E-state index contributed by atoms with van der Waals surface area (Å²) < 4.78 is 9.33. The van der Waals surface area contributed by atoms with E-state index in [1.165, 1.54) is 11.9 Å². The number of aromatic nitrogens is 2. The molecule has 100 valence electrons. The quantitative estimate of drug-likeness (QED) is 0.771. The maximum atomic E-state index is 6.09. The van der Waals surface area contributed by atoms with E-state index in [9.17, 15) is 0 Å². The van der Waals surface area contributed by atoms with Crippen LogP contribution in [0.5, 0.6) is 0 Å². The van der Waals surface area contributed by atoms with E-state index >= 15 is 0 Å². The zero-order chi connectivity index (χ0) is 13.0. The van der Waals surface area contributed by atoms with E-state index in [0.717, 1.165) is 28.7 Å². The largest absolute Gasteiger partial charge is 0.373 e. The summed E-state index contributed by atoms with van der Waals surface area (Å²) in [6.45, 7) is 0. The molecule has 0 aliphatic carbocycles. The Labute approximate surface area is 125 Å². The van der Waals surface area contributed by atoms with Crippen LogP contribution in [-0.4, -0.2) is 21.8 Å². The van der Waals surface area contributed by atoms with Crippen molar-refractivity contribution in [3.05, 3.63) is 28.5 Å². The fourth-order valence-corrected chi connectivity index (χ4v) is 4.01. The number of hydrogen-bond acceptors (Lipinski definition) is 2. The maximum absolute atomic E-state index is 6.09. The van der Waals surface area contributed by atoms with E-state index < -0.39 is 0 Å². The normalized spacial score (nSPS) is 29.5. The van der Waals surface area contributed by atoms with Crippen LogP contribution in [0.3, 0.4) is 0 Å². The molecule has 3 heterocycles. The van der Waals surface area contributed by atoms with Crippen molar-refractivity contribution in [3.63, 3.8) is 0 Å². The summed E-state index contributed by atoms with van der Waals surface area (Å²) >= 11 is 9.59. The standard InChI is InChI=1S/C14H14BrClN2O/c15-8-1-3-11-10(5-8)17-14(7-16)18(11)12-6-9-2-4-13(12)19-9/h1,3,5,9,12-13H,2,4,6-7H2. The average molecular weight is 342 g/mol. The molecule has 0 amide bonds. The predicted octanol–water partition coefficient (Wildman–Crippen LogP) is 4.03. The lowest BCUT2D eigenvalue weighted by atomic mass is 9.95. The van der Waals surface area contributed by atoms with Crippen LogP contribution in [0.4, 0.5) is 0 Å². The molecule has 0 N–H and O–H groups in total. The molecule has 2 bridgehead atoms. The summed E-state index contributed by atoms with van der Waals surface area (Å²) in [4.78, 5) is 4.67. The molecule has 2 aliphatic heterocycles. The van der Waals surface area contributed by atoms with E-state index in [0.29, 0.717) is 24.1 Å². The highest BCUT2D eigenvalue weighted by molar-refractivity contribution is 9.10. The summed E-state index contributed by atoms with van der Waals surface area (Å²) in [6, 6.07) is 6.63. The molecule has 0 radical (unpaired) electrons. The molecule has 2 aromatic rings. The third-order valence-electron chi connectivity index (χ3n) is 4.25. The van der Waals surface area contributed by atoms with Crippen LogP contribution >= 0.6 is 27.5 Å². The second-order valence-corrected chi connectivity index (χ2v) is 6.52. The van der Waals surface area contributed by atoms with Gasteiger partial charge in [0.25, 0.3) is 0 Å². The number of benzene rings is 1. The molecule has 0 spiro atoms. The summed E-state index contributed by atoms with van der Waals surface area (Å²) in [6.07, 6.45) is 4.23. The van der Waals surface area contributed by atoms with Crippen LogP contribution < -0.4 is 0 Å². The molecule has 4 rings (SSSR count). The van der Waals surface area contributed by atoms with Gasteiger partial charge in [0.2, 0.25) is 0 Å². The number of nitrogens with zero attached hydrogens (tertiary/aromatic N) is 2. The van der Waals surface area contributed by atoms with Gasteiger partial charge in [0, 0.05) is 4.47 Å². The van der Waals surface area contributed by atoms with Crippen molar-refractivity contribution < 1.29 is 4.74 Å². The smallest absolute Gasteiger partial charge is 0.125 e. The zero-order valence-electron chi connectivity index (χ0n) is 10.4. The Hall–Kier alpha value is -0.580. The van der Waals surface area contributed by atoms with Crippen LogP contribution in [0, 0.1) is 0 Å². The van der Waals surface area contributed by atoms with E-state index in [-0.39, 0.29) is 0 Å². The van der Waals surface area contributed by atoms with Gasteiger partial charge in [0.1, 0.15) is 5.82 Å². The molecule has 2 fully saturated rings. The molecular weight excluding hydrogens is 328 g/mol. The molecular formula is C14H14BrClN2O. The Balaban J connectivity index is 1.88. The third-order valence-corrected chi connectivity index (χ3v) is 4.98. The van der Waals surface area contributed by atoms with Gasteiger partial charge in [-0.1, -0.05) is 15.9 Å². The molecule has 1 aromatic carbocycles. The molecule has 3 atom stereocenters. The number of fused-ring (bicyclic) bond motifs is 3. The number of hydrogen-bond donors (Lipinski definition) is 0. The lowest BCUT2D eigenvalue weighted by molar-refractivity contribution is 0.0940. The van der Waals surface area contributed by atoms with Crippen molar-refractivity contribution in [3.8, 4) is 0 Å². The van der Waals surface area contributed by atoms with Gasteiger partial charge < -0.3 is 9.30 Å². The minimum atomic E-state index is 0.341. The predicted molar refractivity (Wildman–Crippen MR) is 78.5 cm³/mol. The van der Waals surface area contributed by atoms with E-state index in [1.54, 1.807) is 0 Å². The third kappa shape index (κ3) is 1.84. The second kappa shape index (κ2) is 4.47. The molecule has 0 saturated carbocycles. The topological polar surface area (TPSA) is 27.1 Å². The summed E-state index contributed by atoms with van der Waals surface area (Å²) in [5.74, 6) is 1.40. The van der Waals surface area contributed by atoms with Crippen LogP contribution in [0.2, 0.25) is 0 Å². The number of rotatable bonds is 2. The molecule has 1 aromatic heterocycles. The fraction of sp³-hybridized carbons (Fsp3) is 0.500. The van der Waals surface area contributed by atoms with Gasteiger partial charge in [-0.3, -0.25) is 0 Å². The second-order valence-electron chi connectivity index (χ2n) is 5.34. The zero-order valence-corrected chi connectivity index (χ0v) is 12.7. The van der Waals surface area contributed by atoms with E-state index in [4.69, 9.17) is 16.3 Å². The number of imidazole rings is 1. The van der Waals surface area contributed by atoms with Crippen LogP contribution in [0.1, 0.15) is 31.1 Å². The van der Waals surface area contributed by atoms with Crippen LogP contribution in [0.25, 0.3) is 11.0 Å². The first-order chi connectivity index (χ1) is 9.26. The van der Waals surface area contributed by atoms with Crippen LogP contribution in [0.15, 0.2) is 22.7 Å². The lowest BCUT2D eigenvalue weighted by Crippen LogP contribution is -2.22. The van der Waals surface area contributed by atoms with E-state index in [2.05, 4.69) is 43.7 Å². The highest BCUT2D eigenvalue weighted by Gasteiger charge is 2.42. The van der Waals surface area contributed by atoms with Crippen LogP contribution in [-0.2, 0) is 10.6 Å². The molecule has 2 aliphatic rings. The Morgan fingerprint density at radius 1 is 1.42 bits per heavy atom. The summed E-state index contributed by atoms with van der Waals surface area (Å²) in [7, 11) is 0. The summed E-state index contributed by atoms with van der Waals surface area (Å²) in [5.41, 5.74) is 2.17. The Bertz CT molecular complexity index is 642. The van der Waals surface area contributed by atoms with Crippen molar-refractivity contribution in [1.29, 1.82) is 0 Å². The van der Waals surface area contributed by atoms with Gasteiger partial charge in [-0.25, -0.2) is 4.98 Å².